The normalized spacial score (nSPS) is 10.8. The Labute approximate surface area is 111 Å². The van der Waals surface area contributed by atoms with Gasteiger partial charge in [-0.3, -0.25) is 4.79 Å². The minimum atomic E-state index is -3.29. The van der Waals surface area contributed by atoms with Gasteiger partial charge in [-0.05, 0) is 31.2 Å². The third-order valence-corrected chi connectivity index (χ3v) is 3.35. The zero-order chi connectivity index (χ0) is 14.5. The number of amides is 1. The van der Waals surface area contributed by atoms with Crippen LogP contribution in [0.15, 0.2) is 29.2 Å². The van der Waals surface area contributed by atoms with Crippen molar-refractivity contribution in [2.75, 3.05) is 19.4 Å². The van der Waals surface area contributed by atoms with Gasteiger partial charge in [0.1, 0.15) is 0 Å². The van der Waals surface area contributed by atoms with Crippen LogP contribution in [0.4, 0.5) is 0 Å². The molecule has 0 saturated carbocycles. The number of likely N-dealkylation sites (N-methyl/N-ethyl adjacent to an activating group) is 1. The van der Waals surface area contributed by atoms with Gasteiger partial charge in [-0.25, -0.2) is 13.2 Å². The highest BCUT2D eigenvalue weighted by Gasteiger charge is 2.12. The summed E-state index contributed by atoms with van der Waals surface area (Å²) in [4.78, 5) is 22.8. The van der Waals surface area contributed by atoms with E-state index in [4.69, 9.17) is 4.74 Å². The number of benzene rings is 1. The zero-order valence-electron chi connectivity index (χ0n) is 10.7. The molecule has 19 heavy (non-hydrogen) atoms. The summed E-state index contributed by atoms with van der Waals surface area (Å²) >= 11 is 0. The Morgan fingerprint density at radius 3 is 2.26 bits per heavy atom. The molecule has 1 rings (SSSR count). The van der Waals surface area contributed by atoms with Crippen molar-refractivity contribution in [1.29, 1.82) is 0 Å². The molecule has 0 fully saturated rings. The third-order valence-electron chi connectivity index (χ3n) is 2.23. The summed E-state index contributed by atoms with van der Waals surface area (Å²) in [6.45, 7) is 1.85. The fourth-order valence-electron chi connectivity index (χ4n) is 1.30. The maximum atomic E-state index is 11.6. The maximum absolute atomic E-state index is 11.6. The summed E-state index contributed by atoms with van der Waals surface area (Å²) in [6, 6.07) is 5.32. The third kappa shape index (κ3) is 4.70. The second-order valence-corrected chi connectivity index (χ2v) is 5.84. The highest BCUT2D eigenvalue weighted by Crippen LogP contribution is 2.11. The van der Waals surface area contributed by atoms with E-state index in [1.165, 1.54) is 24.3 Å². The number of sulfone groups is 1. The molecule has 0 aromatic heterocycles. The minimum Gasteiger partial charge on any atom is -0.452 e. The molecule has 6 nitrogen and oxygen atoms in total. The Morgan fingerprint density at radius 2 is 1.79 bits per heavy atom. The topological polar surface area (TPSA) is 89.5 Å². The van der Waals surface area contributed by atoms with Crippen molar-refractivity contribution >= 4 is 21.7 Å². The molecular weight excluding hydrogens is 270 g/mol. The molecule has 0 heterocycles. The first-order chi connectivity index (χ1) is 8.84. The first-order valence-electron chi connectivity index (χ1n) is 5.58. The molecule has 0 aliphatic carbocycles. The van der Waals surface area contributed by atoms with Gasteiger partial charge in [0.15, 0.2) is 16.4 Å². The lowest BCUT2D eigenvalue weighted by atomic mass is 10.2. The predicted octanol–water partition coefficient (Wildman–Crippen LogP) is 0.383. The zero-order valence-corrected chi connectivity index (χ0v) is 11.5. The highest BCUT2D eigenvalue weighted by molar-refractivity contribution is 7.90. The fourth-order valence-corrected chi connectivity index (χ4v) is 1.93. The summed E-state index contributed by atoms with van der Waals surface area (Å²) in [5.41, 5.74) is 0.191. The largest absolute Gasteiger partial charge is 0.452 e. The van der Waals surface area contributed by atoms with Gasteiger partial charge < -0.3 is 10.1 Å². The van der Waals surface area contributed by atoms with E-state index in [0.717, 1.165) is 6.26 Å². The lowest BCUT2D eigenvalue weighted by Gasteiger charge is -2.05. The van der Waals surface area contributed by atoms with Gasteiger partial charge in [-0.15, -0.1) is 0 Å². The predicted molar refractivity (Wildman–Crippen MR) is 68.5 cm³/mol. The molecule has 0 aliphatic rings. The lowest BCUT2D eigenvalue weighted by Crippen LogP contribution is -2.28. The van der Waals surface area contributed by atoms with E-state index < -0.39 is 15.8 Å². The van der Waals surface area contributed by atoms with Crippen molar-refractivity contribution in [1.82, 2.24) is 5.32 Å². The number of hydrogen-bond acceptors (Lipinski definition) is 5. The molecule has 1 aromatic carbocycles. The average Bonchev–Trinajstić information content (AvgIpc) is 2.35. The molecule has 1 aromatic rings. The highest BCUT2D eigenvalue weighted by atomic mass is 32.2. The van der Waals surface area contributed by atoms with E-state index in [0.29, 0.717) is 6.54 Å². The molecule has 0 saturated heterocycles. The molecule has 0 unspecified atom stereocenters. The van der Waals surface area contributed by atoms with Gasteiger partial charge >= 0.3 is 5.97 Å². The second-order valence-electron chi connectivity index (χ2n) is 3.83. The summed E-state index contributed by atoms with van der Waals surface area (Å²) in [6.07, 6.45) is 1.08. The molecule has 0 spiro atoms. The number of hydrogen-bond donors (Lipinski definition) is 1. The van der Waals surface area contributed by atoms with Crippen LogP contribution in [0.3, 0.4) is 0 Å². The van der Waals surface area contributed by atoms with Crippen molar-refractivity contribution in [3.8, 4) is 0 Å². The van der Waals surface area contributed by atoms with E-state index in [1.54, 1.807) is 6.92 Å². The Hall–Kier alpha value is -1.89. The van der Waals surface area contributed by atoms with Crippen molar-refractivity contribution < 1.29 is 22.7 Å². The quantitative estimate of drug-likeness (QED) is 0.790. The van der Waals surface area contributed by atoms with Gasteiger partial charge in [-0.2, -0.15) is 0 Å². The number of esters is 1. The van der Waals surface area contributed by atoms with Gasteiger partial charge in [0, 0.05) is 12.8 Å². The van der Waals surface area contributed by atoms with Crippen LogP contribution < -0.4 is 5.32 Å². The van der Waals surface area contributed by atoms with Crippen molar-refractivity contribution in [2.24, 2.45) is 0 Å². The van der Waals surface area contributed by atoms with Crippen LogP contribution in [-0.4, -0.2) is 39.7 Å². The monoisotopic (exact) mass is 285 g/mol. The number of carbonyl (C=O) groups is 2. The fraction of sp³-hybridized carbons (Fsp3) is 0.333. The summed E-state index contributed by atoms with van der Waals surface area (Å²) in [7, 11) is -3.29. The summed E-state index contributed by atoms with van der Waals surface area (Å²) in [5.74, 6) is -1.06. The molecule has 7 heteroatoms. The van der Waals surface area contributed by atoms with Gasteiger partial charge in [-0.1, -0.05) is 0 Å². The van der Waals surface area contributed by atoms with Crippen molar-refractivity contribution in [3.63, 3.8) is 0 Å². The molecule has 0 bridgehead atoms. The van der Waals surface area contributed by atoms with E-state index in [2.05, 4.69) is 5.32 Å². The van der Waals surface area contributed by atoms with Gasteiger partial charge in [0.2, 0.25) is 0 Å². The van der Waals surface area contributed by atoms with Gasteiger partial charge in [0.25, 0.3) is 5.91 Å². The Kier molecular flexibility index (Phi) is 5.05. The molecule has 0 atom stereocenters. The minimum absolute atomic E-state index is 0.118. The lowest BCUT2D eigenvalue weighted by molar-refractivity contribution is -0.124. The number of carbonyl (C=O) groups excluding carboxylic acids is 2. The smallest absolute Gasteiger partial charge is 0.338 e. The first kappa shape index (κ1) is 15.2. The molecule has 104 valence electrons. The van der Waals surface area contributed by atoms with Crippen LogP contribution in [0, 0.1) is 0 Å². The van der Waals surface area contributed by atoms with Crippen LogP contribution in [0.25, 0.3) is 0 Å². The summed E-state index contributed by atoms with van der Waals surface area (Å²) in [5, 5.41) is 2.49. The Morgan fingerprint density at radius 1 is 1.21 bits per heavy atom. The van der Waals surface area contributed by atoms with E-state index in [1.807, 2.05) is 0 Å². The summed E-state index contributed by atoms with van der Waals surface area (Å²) < 4.78 is 27.2. The van der Waals surface area contributed by atoms with Crippen molar-refractivity contribution in [3.05, 3.63) is 29.8 Å². The molecule has 1 N–H and O–H groups in total. The van der Waals surface area contributed by atoms with E-state index in [-0.39, 0.29) is 23.0 Å². The molecule has 1 amide bonds. The molecule has 0 radical (unpaired) electrons. The first-order valence-corrected chi connectivity index (χ1v) is 7.47. The Balaban J connectivity index is 2.66. The van der Waals surface area contributed by atoms with Crippen LogP contribution in [0.1, 0.15) is 17.3 Å². The van der Waals surface area contributed by atoms with E-state index >= 15 is 0 Å². The number of rotatable bonds is 5. The average molecular weight is 285 g/mol. The second kappa shape index (κ2) is 6.33. The van der Waals surface area contributed by atoms with Crippen LogP contribution in [0.2, 0.25) is 0 Å². The van der Waals surface area contributed by atoms with E-state index in [9.17, 15) is 18.0 Å². The number of ether oxygens (including phenoxy) is 1. The van der Waals surface area contributed by atoms with Gasteiger partial charge in [0.05, 0.1) is 10.5 Å². The maximum Gasteiger partial charge on any atom is 0.338 e. The molecular formula is C12H15NO5S. The van der Waals surface area contributed by atoms with Crippen LogP contribution in [0.5, 0.6) is 0 Å². The number of nitrogens with one attached hydrogen (secondary N) is 1. The van der Waals surface area contributed by atoms with Crippen LogP contribution >= 0.6 is 0 Å². The Bertz CT molecular complexity index is 562. The van der Waals surface area contributed by atoms with Crippen LogP contribution in [-0.2, 0) is 19.4 Å². The SMILES string of the molecule is CCNC(=O)COC(=O)c1ccc(S(C)(=O)=O)cc1. The standard InChI is InChI=1S/C12H15NO5S/c1-3-13-11(14)8-18-12(15)9-4-6-10(7-5-9)19(2,16)17/h4-7H,3,8H2,1-2H3,(H,13,14). The van der Waals surface area contributed by atoms with Crippen molar-refractivity contribution in [2.45, 2.75) is 11.8 Å². The molecule has 0 aliphatic heterocycles.